The molecule has 7 heteroatoms. The first-order valence-electron chi connectivity index (χ1n) is 10.1. The van der Waals surface area contributed by atoms with E-state index in [0.29, 0.717) is 42.8 Å². The van der Waals surface area contributed by atoms with Crippen molar-refractivity contribution >= 4 is 29.0 Å². The lowest BCUT2D eigenvalue weighted by atomic mass is 10.2. The molecule has 2 aromatic carbocycles. The van der Waals surface area contributed by atoms with Crippen molar-refractivity contribution in [2.45, 2.75) is 27.4 Å². The number of carbonyl (C=O) groups excluding carboxylic acids is 1. The van der Waals surface area contributed by atoms with Crippen LogP contribution in [-0.4, -0.2) is 24.1 Å². The van der Waals surface area contributed by atoms with E-state index in [2.05, 4.69) is 10.3 Å². The molecule has 1 N–H and O–H groups in total. The van der Waals surface area contributed by atoms with Crippen LogP contribution < -0.4 is 19.5 Å². The molecule has 0 spiro atoms. The number of carbonyl (C=O) groups is 1. The molecule has 1 heterocycles. The van der Waals surface area contributed by atoms with Crippen LogP contribution in [0.3, 0.4) is 0 Å². The van der Waals surface area contributed by atoms with Crippen LogP contribution in [0.2, 0.25) is 0 Å². The summed E-state index contributed by atoms with van der Waals surface area (Å²) in [6.45, 7) is 7.18. The maximum atomic E-state index is 12.6. The summed E-state index contributed by atoms with van der Waals surface area (Å²) in [5.74, 6) is 1.67. The highest BCUT2D eigenvalue weighted by Gasteiger charge is 2.09. The molecular formula is C24H26N2O4S. The van der Waals surface area contributed by atoms with Gasteiger partial charge in [0.1, 0.15) is 23.9 Å². The molecule has 0 atom stereocenters. The van der Waals surface area contributed by atoms with E-state index in [4.69, 9.17) is 14.2 Å². The molecule has 3 rings (SSSR count). The molecule has 162 valence electrons. The Labute approximate surface area is 186 Å². The van der Waals surface area contributed by atoms with Crippen LogP contribution >= 0.6 is 11.3 Å². The second-order valence-electron chi connectivity index (χ2n) is 6.53. The molecule has 0 aliphatic rings. The second-order valence-corrected chi connectivity index (χ2v) is 7.59. The van der Waals surface area contributed by atoms with Crippen LogP contribution in [0.15, 0.2) is 53.9 Å². The Hall–Kier alpha value is -3.32. The molecule has 0 saturated heterocycles. The first-order chi connectivity index (χ1) is 15.1. The van der Waals surface area contributed by atoms with Gasteiger partial charge in [0.05, 0.1) is 29.6 Å². The van der Waals surface area contributed by atoms with Gasteiger partial charge in [-0.25, -0.2) is 4.98 Å². The van der Waals surface area contributed by atoms with Gasteiger partial charge in [-0.1, -0.05) is 18.2 Å². The minimum absolute atomic E-state index is 0.278. The van der Waals surface area contributed by atoms with Gasteiger partial charge in [0, 0.05) is 23.1 Å². The Balaban J connectivity index is 1.69. The van der Waals surface area contributed by atoms with E-state index in [1.807, 2.05) is 56.5 Å². The van der Waals surface area contributed by atoms with Crippen molar-refractivity contribution in [3.05, 3.63) is 70.2 Å². The van der Waals surface area contributed by atoms with E-state index in [1.54, 1.807) is 29.5 Å². The maximum Gasteiger partial charge on any atom is 0.248 e. The minimum atomic E-state index is -0.278. The number of amides is 1. The predicted molar refractivity (Wildman–Crippen MR) is 124 cm³/mol. The molecule has 0 aliphatic carbocycles. The van der Waals surface area contributed by atoms with Crippen molar-refractivity contribution in [1.82, 2.24) is 4.98 Å². The van der Waals surface area contributed by atoms with Gasteiger partial charge < -0.3 is 19.5 Å². The number of thiazole rings is 1. The average molecular weight is 439 g/mol. The molecule has 0 bridgehead atoms. The normalized spacial score (nSPS) is 10.8. The van der Waals surface area contributed by atoms with E-state index < -0.39 is 0 Å². The fraction of sp³-hybridized carbons (Fsp3) is 0.250. The number of nitrogens with one attached hydrogen (secondary N) is 1. The Morgan fingerprint density at radius 2 is 1.87 bits per heavy atom. The topological polar surface area (TPSA) is 69.7 Å². The summed E-state index contributed by atoms with van der Waals surface area (Å²) in [6, 6.07) is 12.9. The Bertz CT molecular complexity index is 1050. The zero-order valence-electron chi connectivity index (χ0n) is 17.9. The van der Waals surface area contributed by atoms with Gasteiger partial charge in [-0.15, -0.1) is 11.3 Å². The van der Waals surface area contributed by atoms with Crippen LogP contribution in [0, 0.1) is 6.92 Å². The van der Waals surface area contributed by atoms with Crippen LogP contribution in [0.1, 0.15) is 30.1 Å². The van der Waals surface area contributed by atoms with Gasteiger partial charge in [0.15, 0.2) is 0 Å². The Morgan fingerprint density at radius 3 is 2.61 bits per heavy atom. The van der Waals surface area contributed by atoms with Crippen LogP contribution in [0.4, 0.5) is 5.69 Å². The molecule has 0 fully saturated rings. The SMILES string of the molecule is CCOc1ccc(OCC)c(NC(=O)/C=C/c2ccccc2OCc2csc(C)n2)c1. The number of para-hydroxylation sites is 1. The molecule has 3 aromatic rings. The summed E-state index contributed by atoms with van der Waals surface area (Å²) in [5.41, 5.74) is 2.25. The number of benzene rings is 2. The summed E-state index contributed by atoms with van der Waals surface area (Å²) in [6.07, 6.45) is 3.20. The van der Waals surface area contributed by atoms with Gasteiger partial charge >= 0.3 is 0 Å². The van der Waals surface area contributed by atoms with Gasteiger partial charge in [0.25, 0.3) is 0 Å². The summed E-state index contributed by atoms with van der Waals surface area (Å²) >= 11 is 1.59. The predicted octanol–water partition coefficient (Wildman–Crippen LogP) is 5.48. The molecule has 0 unspecified atom stereocenters. The lowest BCUT2D eigenvalue weighted by Crippen LogP contribution is -2.10. The lowest BCUT2D eigenvalue weighted by molar-refractivity contribution is -0.111. The molecular weight excluding hydrogens is 412 g/mol. The maximum absolute atomic E-state index is 12.6. The lowest BCUT2D eigenvalue weighted by Gasteiger charge is -2.12. The van der Waals surface area contributed by atoms with Crippen molar-refractivity contribution in [1.29, 1.82) is 0 Å². The van der Waals surface area contributed by atoms with Crippen molar-refractivity contribution in [3.8, 4) is 17.2 Å². The van der Waals surface area contributed by atoms with E-state index >= 15 is 0 Å². The summed E-state index contributed by atoms with van der Waals surface area (Å²) in [7, 11) is 0. The van der Waals surface area contributed by atoms with Gasteiger partial charge in [-0.2, -0.15) is 0 Å². The molecule has 0 aliphatic heterocycles. The first-order valence-corrected chi connectivity index (χ1v) is 11.0. The van der Waals surface area contributed by atoms with Gasteiger partial charge in [-0.3, -0.25) is 4.79 Å². The van der Waals surface area contributed by atoms with Crippen molar-refractivity contribution in [3.63, 3.8) is 0 Å². The van der Waals surface area contributed by atoms with Crippen LogP contribution in [0.25, 0.3) is 6.08 Å². The first kappa shape index (κ1) is 22.4. The van der Waals surface area contributed by atoms with Crippen molar-refractivity contribution < 1.29 is 19.0 Å². The summed E-state index contributed by atoms with van der Waals surface area (Å²) in [5, 5.41) is 5.85. The van der Waals surface area contributed by atoms with E-state index in [9.17, 15) is 4.79 Å². The number of ether oxygens (including phenoxy) is 3. The third-order valence-electron chi connectivity index (χ3n) is 4.20. The average Bonchev–Trinajstić information content (AvgIpc) is 3.18. The van der Waals surface area contributed by atoms with E-state index in [1.165, 1.54) is 6.08 Å². The molecule has 31 heavy (non-hydrogen) atoms. The Kier molecular flexibility index (Phi) is 8.06. The molecule has 0 saturated carbocycles. The zero-order chi connectivity index (χ0) is 22.1. The standard InChI is InChI=1S/C24H26N2O4S/c1-4-28-20-11-12-23(29-5-2)21(14-20)26-24(27)13-10-18-8-6-7-9-22(18)30-15-19-16-31-17(3)25-19/h6-14,16H,4-5,15H2,1-3H3,(H,26,27)/b13-10+. The highest BCUT2D eigenvalue weighted by molar-refractivity contribution is 7.09. The summed E-state index contributed by atoms with van der Waals surface area (Å²) in [4.78, 5) is 17.0. The number of nitrogens with zero attached hydrogens (tertiary/aromatic N) is 1. The molecule has 1 aromatic heterocycles. The molecule has 1 amide bonds. The van der Waals surface area contributed by atoms with Crippen LogP contribution in [-0.2, 0) is 11.4 Å². The number of aromatic nitrogens is 1. The number of rotatable bonds is 10. The van der Waals surface area contributed by atoms with Crippen molar-refractivity contribution in [2.75, 3.05) is 18.5 Å². The fourth-order valence-electron chi connectivity index (χ4n) is 2.86. The largest absolute Gasteiger partial charge is 0.494 e. The number of anilines is 1. The van der Waals surface area contributed by atoms with Crippen LogP contribution in [0.5, 0.6) is 17.2 Å². The Morgan fingerprint density at radius 1 is 1.06 bits per heavy atom. The fourth-order valence-corrected chi connectivity index (χ4v) is 3.46. The highest BCUT2D eigenvalue weighted by Crippen LogP contribution is 2.29. The second kappa shape index (κ2) is 11.2. The quantitative estimate of drug-likeness (QED) is 0.425. The van der Waals surface area contributed by atoms with E-state index in [-0.39, 0.29) is 5.91 Å². The number of hydrogen-bond donors (Lipinski definition) is 1. The third-order valence-corrected chi connectivity index (χ3v) is 5.02. The van der Waals surface area contributed by atoms with Crippen molar-refractivity contribution in [2.24, 2.45) is 0 Å². The smallest absolute Gasteiger partial charge is 0.248 e. The highest BCUT2D eigenvalue weighted by atomic mass is 32.1. The van der Waals surface area contributed by atoms with Gasteiger partial charge in [-0.05, 0) is 45.0 Å². The number of aryl methyl sites for hydroxylation is 1. The molecule has 6 nitrogen and oxygen atoms in total. The zero-order valence-corrected chi connectivity index (χ0v) is 18.7. The van der Waals surface area contributed by atoms with Gasteiger partial charge in [0.2, 0.25) is 5.91 Å². The molecule has 0 radical (unpaired) electrons. The number of hydrogen-bond acceptors (Lipinski definition) is 6. The summed E-state index contributed by atoms with van der Waals surface area (Å²) < 4.78 is 17.0. The monoisotopic (exact) mass is 438 g/mol. The van der Waals surface area contributed by atoms with E-state index in [0.717, 1.165) is 16.3 Å². The third kappa shape index (κ3) is 6.58. The minimum Gasteiger partial charge on any atom is -0.494 e.